The lowest BCUT2D eigenvalue weighted by Crippen LogP contribution is -2.15. The van der Waals surface area contributed by atoms with Gasteiger partial charge in [-0.15, -0.1) is 5.10 Å². The summed E-state index contributed by atoms with van der Waals surface area (Å²) in [5.74, 6) is 0.0111. The van der Waals surface area contributed by atoms with Crippen LogP contribution in [-0.4, -0.2) is 27.8 Å². The third-order valence-electron chi connectivity index (χ3n) is 4.34. The van der Waals surface area contributed by atoms with Crippen LogP contribution in [0.25, 0.3) is 17.1 Å². The van der Waals surface area contributed by atoms with Gasteiger partial charge in [0.1, 0.15) is 11.6 Å². The van der Waals surface area contributed by atoms with E-state index < -0.39 is 5.91 Å². The lowest BCUT2D eigenvalue weighted by Gasteiger charge is -2.08. The number of nitrogens with one attached hydrogen (secondary N) is 1. The minimum absolute atomic E-state index is 0.0461. The Morgan fingerprint density at radius 1 is 1.03 bits per heavy atom. The summed E-state index contributed by atoms with van der Waals surface area (Å²) < 4.78 is 20.1. The molecule has 150 valence electrons. The molecule has 0 fully saturated rings. The van der Waals surface area contributed by atoms with Crippen molar-refractivity contribution in [3.8, 4) is 22.8 Å². The molecule has 1 amide bonds. The predicted molar refractivity (Wildman–Crippen MR) is 113 cm³/mol. The Kier molecular flexibility index (Phi) is 5.45. The van der Waals surface area contributed by atoms with E-state index in [0.717, 1.165) is 0 Å². The first-order valence-electron chi connectivity index (χ1n) is 8.98. The maximum absolute atomic E-state index is 13.4. The molecule has 4 aromatic rings. The van der Waals surface area contributed by atoms with Crippen molar-refractivity contribution >= 4 is 23.2 Å². The number of methoxy groups -OCH3 is 1. The molecule has 0 aliphatic carbocycles. The lowest BCUT2D eigenvalue weighted by atomic mass is 10.2. The fourth-order valence-electron chi connectivity index (χ4n) is 2.88. The minimum Gasteiger partial charge on any atom is -0.495 e. The number of hydrogen-bond acceptors (Lipinski definition) is 4. The van der Waals surface area contributed by atoms with Gasteiger partial charge in [-0.1, -0.05) is 23.7 Å². The molecule has 0 radical (unpaired) electrons. The van der Waals surface area contributed by atoms with Crippen LogP contribution in [0.4, 0.5) is 10.1 Å². The molecule has 1 heterocycles. The fraction of sp³-hybridized carbons (Fsp3) is 0.0455. The van der Waals surface area contributed by atoms with Crippen molar-refractivity contribution in [2.24, 2.45) is 0 Å². The second-order valence-electron chi connectivity index (χ2n) is 6.31. The summed E-state index contributed by atoms with van der Waals surface area (Å²) in [5.41, 5.74) is 1.76. The number of aromatic nitrogens is 3. The molecule has 0 saturated carbocycles. The van der Waals surface area contributed by atoms with Crippen molar-refractivity contribution in [3.63, 3.8) is 0 Å². The van der Waals surface area contributed by atoms with Gasteiger partial charge in [0.25, 0.3) is 5.91 Å². The van der Waals surface area contributed by atoms with Gasteiger partial charge in [-0.05, 0) is 60.7 Å². The quantitative estimate of drug-likeness (QED) is 0.492. The normalized spacial score (nSPS) is 10.6. The highest BCUT2D eigenvalue weighted by Gasteiger charge is 2.20. The predicted octanol–water partition coefficient (Wildman–Crippen LogP) is 4.99. The van der Waals surface area contributed by atoms with Crippen molar-refractivity contribution in [3.05, 3.63) is 89.5 Å². The molecule has 0 saturated heterocycles. The molecule has 30 heavy (non-hydrogen) atoms. The first kappa shape index (κ1) is 19.6. The Labute approximate surface area is 176 Å². The number of hydrogen-bond donors (Lipinski definition) is 1. The standard InChI is InChI=1S/C22H16ClFN4O2/c1-30-19-5-3-2-4-18(19)25-22(29)20-26-21(14-6-8-15(23)9-7-14)28(27-20)17-12-10-16(24)11-13-17/h2-13H,1H3,(H,25,29). The van der Waals surface area contributed by atoms with Crippen LogP contribution in [0.2, 0.25) is 5.02 Å². The molecular weight excluding hydrogens is 407 g/mol. The zero-order valence-corrected chi connectivity index (χ0v) is 16.6. The smallest absolute Gasteiger partial charge is 0.295 e. The zero-order chi connectivity index (χ0) is 21.1. The van der Waals surface area contributed by atoms with Crippen LogP contribution in [0.15, 0.2) is 72.8 Å². The van der Waals surface area contributed by atoms with E-state index in [2.05, 4.69) is 15.4 Å². The fourth-order valence-corrected chi connectivity index (χ4v) is 3.01. The number of ether oxygens (including phenoxy) is 1. The molecule has 3 aromatic carbocycles. The molecule has 0 unspecified atom stereocenters. The van der Waals surface area contributed by atoms with Crippen LogP contribution < -0.4 is 10.1 Å². The Balaban J connectivity index is 1.75. The number of carbonyl (C=O) groups excluding carboxylic acids is 1. The number of amides is 1. The third-order valence-corrected chi connectivity index (χ3v) is 4.59. The monoisotopic (exact) mass is 422 g/mol. The average molecular weight is 423 g/mol. The highest BCUT2D eigenvalue weighted by Crippen LogP contribution is 2.26. The summed E-state index contributed by atoms with van der Waals surface area (Å²) in [6.45, 7) is 0. The maximum atomic E-state index is 13.4. The summed E-state index contributed by atoms with van der Waals surface area (Å²) in [6.07, 6.45) is 0. The SMILES string of the molecule is COc1ccccc1NC(=O)c1nc(-c2ccc(Cl)cc2)n(-c2ccc(F)cc2)n1. The summed E-state index contributed by atoms with van der Waals surface area (Å²) in [4.78, 5) is 17.3. The molecule has 0 bridgehead atoms. The van der Waals surface area contributed by atoms with E-state index >= 15 is 0 Å². The van der Waals surface area contributed by atoms with Crippen LogP contribution in [0.1, 0.15) is 10.6 Å². The number of rotatable bonds is 5. The zero-order valence-electron chi connectivity index (χ0n) is 15.8. The lowest BCUT2D eigenvalue weighted by molar-refractivity contribution is 0.101. The maximum Gasteiger partial charge on any atom is 0.295 e. The van der Waals surface area contributed by atoms with Crippen molar-refractivity contribution in [2.75, 3.05) is 12.4 Å². The van der Waals surface area contributed by atoms with Gasteiger partial charge < -0.3 is 10.1 Å². The van der Waals surface area contributed by atoms with Gasteiger partial charge in [-0.3, -0.25) is 4.79 Å². The Hall–Kier alpha value is -3.71. The largest absolute Gasteiger partial charge is 0.495 e. The van der Waals surface area contributed by atoms with E-state index in [1.54, 1.807) is 60.7 Å². The number of anilines is 1. The molecule has 0 aliphatic heterocycles. The van der Waals surface area contributed by atoms with Gasteiger partial charge in [0, 0.05) is 10.6 Å². The van der Waals surface area contributed by atoms with Gasteiger partial charge in [-0.25, -0.2) is 14.1 Å². The molecular formula is C22H16ClFN4O2. The molecule has 1 N–H and O–H groups in total. The number of para-hydroxylation sites is 2. The third kappa shape index (κ3) is 4.01. The number of halogens is 2. The molecule has 0 atom stereocenters. The average Bonchev–Trinajstić information content (AvgIpc) is 3.21. The van der Waals surface area contributed by atoms with Gasteiger partial charge in [0.05, 0.1) is 18.5 Å². The summed E-state index contributed by atoms with van der Waals surface area (Å²) in [7, 11) is 1.52. The van der Waals surface area contributed by atoms with Crippen LogP contribution in [-0.2, 0) is 0 Å². The molecule has 1 aromatic heterocycles. The van der Waals surface area contributed by atoms with Crippen LogP contribution in [0.5, 0.6) is 5.75 Å². The first-order chi connectivity index (χ1) is 14.5. The van der Waals surface area contributed by atoms with Crippen molar-refractivity contribution in [1.29, 1.82) is 0 Å². The summed E-state index contributed by atoms with van der Waals surface area (Å²) in [5, 5.41) is 7.68. The minimum atomic E-state index is -0.504. The van der Waals surface area contributed by atoms with E-state index in [-0.39, 0.29) is 11.6 Å². The summed E-state index contributed by atoms with van der Waals surface area (Å²) in [6, 6.07) is 19.8. The highest BCUT2D eigenvalue weighted by atomic mass is 35.5. The van der Waals surface area contributed by atoms with Crippen LogP contribution in [0.3, 0.4) is 0 Å². The van der Waals surface area contributed by atoms with E-state index in [1.165, 1.54) is 23.9 Å². The van der Waals surface area contributed by atoms with E-state index in [4.69, 9.17) is 16.3 Å². The Bertz CT molecular complexity index is 1130. The second-order valence-corrected chi connectivity index (χ2v) is 6.74. The van der Waals surface area contributed by atoms with Crippen LogP contribution >= 0.6 is 11.6 Å². The van der Waals surface area contributed by atoms with Gasteiger partial charge in [-0.2, -0.15) is 0 Å². The van der Waals surface area contributed by atoms with Gasteiger partial charge >= 0.3 is 0 Å². The molecule has 6 nitrogen and oxygen atoms in total. The van der Waals surface area contributed by atoms with Gasteiger partial charge in [0.2, 0.25) is 5.82 Å². The molecule has 4 rings (SSSR count). The first-order valence-corrected chi connectivity index (χ1v) is 9.36. The van der Waals surface area contributed by atoms with Crippen molar-refractivity contribution in [2.45, 2.75) is 0 Å². The highest BCUT2D eigenvalue weighted by molar-refractivity contribution is 6.30. The number of benzene rings is 3. The van der Waals surface area contributed by atoms with E-state index in [1.807, 2.05) is 0 Å². The molecule has 0 aliphatic rings. The molecule has 8 heteroatoms. The van der Waals surface area contributed by atoms with Crippen molar-refractivity contribution in [1.82, 2.24) is 14.8 Å². The second kappa shape index (κ2) is 8.34. The van der Waals surface area contributed by atoms with Gasteiger partial charge in [0.15, 0.2) is 5.82 Å². The van der Waals surface area contributed by atoms with Crippen molar-refractivity contribution < 1.29 is 13.9 Å². The summed E-state index contributed by atoms with van der Waals surface area (Å²) >= 11 is 5.99. The van der Waals surface area contributed by atoms with E-state index in [9.17, 15) is 9.18 Å². The number of carbonyl (C=O) groups is 1. The van der Waals surface area contributed by atoms with Crippen LogP contribution in [0, 0.1) is 5.82 Å². The Morgan fingerprint density at radius 3 is 2.43 bits per heavy atom. The van der Waals surface area contributed by atoms with E-state index in [0.29, 0.717) is 33.5 Å². The molecule has 0 spiro atoms. The number of nitrogens with zero attached hydrogens (tertiary/aromatic N) is 3. The Morgan fingerprint density at radius 2 is 1.73 bits per heavy atom. The topological polar surface area (TPSA) is 69.0 Å².